The predicted octanol–water partition coefficient (Wildman–Crippen LogP) is 5.75. The van der Waals surface area contributed by atoms with Gasteiger partial charge in [0.2, 0.25) is 5.91 Å². The number of aliphatic hydroxyl groups is 1. The molecule has 2 fully saturated rings. The van der Waals surface area contributed by atoms with Crippen LogP contribution in [0.5, 0.6) is 0 Å². The number of rotatable bonds is 7. The van der Waals surface area contributed by atoms with E-state index in [0.717, 1.165) is 60.5 Å². The number of thiazole rings is 1. The molecule has 1 aromatic carbocycles. The minimum Gasteiger partial charge on any atom is -0.384 e. The number of Topliss-reactive ketones (excluding diaryl/α,β-unsaturated/α-hetero) is 1. The molecule has 1 unspecified atom stereocenters. The maximum atomic E-state index is 12.9. The van der Waals surface area contributed by atoms with Gasteiger partial charge >= 0.3 is 6.18 Å². The van der Waals surface area contributed by atoms with E-state index < -0.39 is 23.1 Å². The number of ketones is 1. The first-order chi connectivity index (χ1) is 16.5. The van der Waals surface area contributed by atoms with Crippen LogP contribution < -0.4 is 0 Å². The van der Waals surface area contributed by atoms with E-state index in [4.69, 9.17) is 0 Å². The number of aromatic nitrogens is 1. The van der Waals surface area contributed by atoms with E-state index >= 15 is 0 Å². The Morgan fingerprint density at radius 1 is 1.17 bits per heavy atom. The number of benzene rings is 1. The Balaban J connectivity index is 1.21. The molecule has 1 atom stereocenters. The second-order valence-corrected chi connectivity index (χ2v) is 11.2. The zero-order valence-corrected chi connectivity index (χ0v) is 20.6. The van der Waals surface area contributed by atoms with E-state index in [-0.39, 0.29) is 24.3 Å². The molecule has 4 rings (SSSR count). The van der Waals surface area contributed by atoms with Crippen molar-refractivity contribution in [3.63, 3.8) is 0 Å². The molecule has 0 bridgehead atoms. The van der Waals surface area contributed by atoms with Crippen molar-refractivity contribution in [2.45, 2.75) is 70.1 Å². The molecule has 1 N–H and O–H groups in total. The van der Waals surface area contributed by atoms with Gasteiger partial charge in [0.1, 0.15) is 5.60 Å². The first-order valence-electron chi connectivity index (χ1n) is 12.2. The molecule has 9 heteroatoms. The smallest absolute Gasteiger partial charge is 0.384 e. The number of hydrogen-bond acceptors (Lipinski definition) is 5. The maximum absolute atomic E-state index is 12.9. The molecule has 1 aromatic heterocycles. The number of hydrogen-bond donors (Lipinski definition) is 1. The molecule has 2 aliphatic rings. The Labute approximate surface area is 207 Å². The molecule has 0 spiro atoms. The lowest BCUT2D eigenvalue weighted by molar-refractivity contribution is -0.137. The second-order valence-electron chi connectivity index (χ2n) is 9.95. The van der Waals surface area contributed by atoms with Crippen molar-refractivity contribution in [2.24, 2.45) is 11.8 Å². The normalized spacial score (nSPS) is 25.1. The summed E-state index contributed by atoms with van der Waals surface area (Å²) >= 11 is 1.56. The van der Waals surface area contributed by atoms with Gasteiger partial charge in [-0.25, -0.2) is 4.98 Å². The highest BCUT2D eigenvalue weighted by atomic mass is 32.1. The Bertz CT molecular complexity index is 1060. The van der Waals surface area contributed by atoms with Gasteiger partial charge in [-0.15, -0.1) is 11.3 Å². The van der Waals surface area contributed by atoms with E-state index in [2.05, 4.69) is 4.98 Å². The van der Waals surface area contributed by atoms with Crippen molar-refractivity contribution in [1.29, 1.82) is 0 Å². The lowest BCUT2D eigenvalue weighted by Gasteiger charge is -2.36. The molecule has 190 valence electrons. The van der Waals surface area contributed by atoms with E-state index in [1.807, 2.05) is 6.92 Å². The molecule has 2 heterocycles. The van der Waals surface area contributed by atoms with Gasteiger partial charge in [-0.1, -0.05) is 12.1 Å². The predicted molar refractivity (Wildman–Crippen MR) is 127 cm³/mol. The maximum Gasteiger partial charge on any atom is 0.416 e. The molecule has 5 nitrogen and oxygen atoms in total. The summed E-state index contributed by atoms with van der Waals surface area (Å²) in [5.74, 6) is 0.351. The second kappa shape index (κ2) is 10.4. The topological polar surface area (TPSA) is 70.5 Å². The third kappa shape index (κ3) is 6.30. The van der Waals surface area contributed by atoms with Gasteiger partial charge < -0.3 is 10.0 Å². The van der Waals surface area contributed by atoms with Crippen LogP contribution in [0.4, 0.5) is 13.2 Å². The third-order valence-corrected chi connectivity index (χ3v) is 8.50. The van der Waals surface area contributed by atoms with Crippen molar-refractivity contribution in [3.05, 3.63) is 51.5 Å². The van der Waals surface area contributed by atoms with Gasteiger partial charge in [0.15, 0.2) is 5.78 Å². The summed E-state index contributed by atoms with van der Waals surface area (Å²) in [5.41, 5.74) is -1.65. The Hall–Kier alpha value is -2.26. The SMILES string of the molecule is Cc1ncc(C2(O)CCC(CC3CCN(C(=O)CCC(=O)c4cccc(C(F)(F)F)c4)C3)CC2)s1. The van der Waals surface area contributed by atoms with Gasteiger partial charge in [0.25, 0.3) is 0 Å². The van der Waals surface area contributed by atoms with Crippen LogP contribution in [0.15, 0.2) is 30.5 Å². The van der Waals surface area contributed by atoms with E-state index in [0.29, 0.717) is 24.9 Å². The van der Waals surface area contributed by atoms with Crippen molar-refractivity contribution in [1.82, 2.24) is 9.88 Å². The summed E-state index contributed by atoms with van der Waals surface area (Å²) in [6.45, 7) is 3.25. The molecule has 2 aromatic rings. The molecule has 1 saturated carbocycles. The number of nitrogens with zero attached hydrogens (tertiary/aromatic N) is 2. The lowest BCUT2D eigenvalue weighted by Crippen LogP contribution is -2.32. The average molecular weight is 509 g/mol. The summed E-state index contributed by atoms with van der Waals surface area (Å²) in [6, 6.07) is 4.35. The highest BCUT2D eigenvalue weighted by Crippen LogP contribution is 2.43. The third-order valence-electron chi connectivity index (χ3n) is 7.40. The zero-order valence-electron chi connectivity index (χ0n) is 19.8. The minimum atomic E-state index is -4.51. The molecular weight excluding hydrogens is 477 g/mol. The number of halogens is 3. The standard InChI is InChI=1S/C26H31F3N2O3S/c1-17-30-15-23(35-17)25(34)10-7-18(8-11-25)13-19-9-12-31(16-19)24(33)6-5-22(32)20-3-2-4-21(14-20)26(27,28)29/h2-4,14-15,18-19,34H,5-13,16H2,1H3. The quantitative estimate of drug-likeness (QED) is 0.484. The van der Waals surface area contributed by atoms with Crippen LogP contribution in [0.3, 0.4) is 0 Å². The molecule has 1 amide bonds. The molecule has 1 aliphatic carbocycles. The van der Waals surface area contributed by atoms with Gasteiger partial charge in [0.05, 0.1) is 15.4 Å². The highest BCUT2D eigenvalue weighted by molar-refractivity contribution is 7.11. The monoisotopic (exact) mass is 508 g/mol. The van der Waals surface area contributed by atoms with E-state index in [1.165, 1.54) is 12.1 Å². The van der Waals surface area contributed by atoms with Crippen LogP contribution in [-0.4, -0.2) is 39.8 Å². The van der Waals surface area contributed by atoms with Crippen molar-refractivity contribution >= 4 is 23.0 Å². The van der Waals surface area contributed by atoms with Crippen molar-refractivity contribution < 1.29 is 27.9 Å². The number of amides is 1. The van der Waals surface area contributed by atoms with Crippen LogP contribution in [0.1, 0.15) is 77.2 Å². The molecule has 1 aliphatic heterocycles. The fourth-order valence-corrected chi connectivity index (χ4v) is 6.25. The number of carbonyl (C=O) groups excluding carboxylic acids is 2. The highest BCUT2D eigenvalue weighted by Gasteiger charge is 2.38. The Kier molecular flexibility index (Phi) is 7.66. The minimum absolute atomic E-state index is 0.00647. The Morgan fingerprint density at radius 3 is 2.57 bits per heavy atom. The van der Waals surface area contributed by atoms with Crippen LogP contribution in [0.2, 0.25) is 0 Å². The van der Waals surface area contributed by atoms with E-state index in [1.54, 1.807) is 22.4 Å². The summed E-state index contributed by atoms with van der Waals surface area (Å²) in [5, 5.41) is 12.0. The number of likely N-dealkylation sites (tertiary alicyclic amines) is 1. The van der Waals surface area contributed by atoms with Crippen LogP contribution in [-0.2, 0) is 16.6 Å². The summed E-state index contributed by atoms with van der Waals surface area (Å²) in [6.07, 6.45) is 2.48. The van der Waals surface area contributed by atoms with Gasteiger partial charge in [-0.2, -0.15) is 13.2 Å². The van der Waals surface area contributed by atoms with Crippen LogP contribution in [0.25, 0.3) is 0 Å². The van der Waals surface area contributed by atoms with Gasteiger partial charge in [-0.3, -0.25) is 9.59 Å². The summed E-state index contributed by atoms with van der Waals surface area (Å²) < 4.78 is 38.7. The average Bonchev–Trinajstić information content (AvgIpc) is 3.48. The first kappa shape index (κ1) is 25.8. The number of carbonyl (C=O) groups is 2. The number of aryl methyl sites for hydroxylation is 1. The fourth-order valence-electron chi connectivity index (χ4n) is 5.33. The van der Waals surface area contributed by atoms with Crippen molar-refractivity contribution in [2.75, 3.05) is 13.1 Å². The van der Waals surface area contributed by atoms with Crippen LogP contribution >= 0.6 is 11.3 Å². The van der Waals surface area contributed by atoms with Crippen molar-refractivity contribution in [3.8, 4) is 0 Å². The lowest BCUT2D eigenvalue weighted by atomic mass is 9.75. The molecular formula is C26H31F3N2O3S. The van der Waals surface area contributed by atoms with Crippen LogP contribution in [0, 0.1) is 18.8 Å². The largest absolute Gasteiger partial charge is 0.416 e. The van der Waals surface area contributed by atoms with Gasteiger partial charge in [-0.05, 0) is 69.4 Å². The van der Waals surface area contributed by atoms with E-state index in [9.17, 15) is 27.9 Å². The Morgan fingerprint density at radius 2 is 1.91 bits per heavy atom. The molecule has 1 saturated heterocycles. The zero-order chi connectivity index (χ0) is 25.2. The molecule has 0 radical (unpaired) electrons. The first-order valence-corrected chi connectivity index (χ1v) is 13.0. The van der Waals surface area contributed by atoms with Gasteiger partial charge in [0, 0.05) is 37.7 Å². The fraction of sp³-hybridized carbons (Fsp3) is 0.577. The summed E-state index contributed by atoms with van der Waals surface area (Å²) in [7, 11) is 0. The summed E-state index contributed by atoms with van der Waals surface area (Å²) in [4.78, 5) is 32.0. The number of alkyl halides is 3. The molecule has 35 heavy (non-hydrogen) atoms.